The molecule has 0 aliphatic rings. The highest BCUT2D eigenvalue weighted by Gasteiger charge is 2.36. The summed E-state index contributed by atoms with van der Waals surface area (Å²) in [5.74, 6) is 0.0515. The van der Waals surface area contributed by atoms with E-state index in [4.69, 9.17) is 0 Å². The first-order chi connectivity index (χ1) is 5.84. The van der Waals surface area contributed by atoms with Crippen molar-refractivity contribution in [3.8, 4) is 0 Å². The van der Waals surface area contributed by atoms with Crippen molar-refractivity contribution in [2.45, 2.75) is 20.8 Å². The fourth-order valence-corrected chi connectivity index (χ4v) is 1.71. The summed E-state index contributed by atoms with van der Waals surface area (Å²) in [6, 6.07) is 0. The summed E-state index contributed by atoms with van der Waals surface area (Å²) in [6.07, 6.45) is 0. The summed E-state index contributed by atoms with van der Waals surface area (Å²) < 4.78 is -0.577. The maximum absolute atomic E-state index is 11.7. The zero-order valence-electron chi connectivity index (χ0n) is 7.36. The van der Waals surface area contributed by atoms with Crippen LogP contribution in [0.3, 0.4) is 0 Å². The van der Waals surface area contributed by atoms with Crippen LogP contribution in [0.2, 0.25) is 0 Å². The Morgan fingerprint density at radius 2 is 1.69 bits per heavy atom. The van der Waals surface area contributed by atoms with E-state index < -0.39 is 2.14 Å². The lowest BCUT2D eigenvalue weighted by Gasteiger charge is -2.26. The van der Waals surface area contributed by atoms with Gasteiger partial charge in [-0.2, -0.15) is 0 Å². The predicted molar refractivity (Wildman–Crippen MR) is 70.2 cm³/mol. The minimum absolute atomic E-state index is 0.0515. The molecule has 0 saturated carbocycles. The standard InChI is InChI=1S/C7H11Br4NO/c1-3-12(4-2)6(13)5(8)7(9,10)11/h5H,3-4H2,1-2H3. The van der Waals surface area contributed by atoms with E-state index in [1.807, 2.05) is 13.8 Å². The second-order valence-corrected chi connectivity index (χ2v) is 10.3. The number of hydrogen-bond acceptors (Lipinski definition) is 1. The molecule has 1 amide bonds. The van der Waals surface area contributed by atoms with Crippen LogP contribution in [-0.2, 0) is 4.79 Å². The van der Waals surface area contributed by atoms with Crippen LogP contribution >= 0.6 is 63.7 Å². The van der Waals surface area contributed by atoms with Crippen LogP contribution < -0.4 is 0 Å². The quantitative estimate of drug-likeness (QED) is 0.611. The maximum atomic E-state index is 11.7. The number of rotatable bonds is 3. The van der Waals surface area contributed by atoms with Crippen LogP contribution in [0.4, 0.5) is 0 Å². The van der Waals surface area contributed by atoms with E-state index in [1.54, 1.807) is 4.90 Å². The number of hydrogen-bond donors (Lipinski definition) is 0. The molecule has 0 radical (unpaired) electrons. The lowest BCUT2D eigenvalue weighted by Crippen LogP contribution is -2.41. The van der Waals surface area contributed by atoms with Crippen LogP contribution in [0.5, 0.6) is 0 Å². The van der Waals surface area contributed by atoms with Crippen LogP contribution in [0, 0.1) is 0 Å². The second-order valence-electron chi connectivity index (χ2n) is 2.41. The minimum Gasteiger partial charge on any atom is -0.342 e. The van der Waals surface area contributed by atoms with Crippen molar-refractivity contribution in [1.29, 1.82) is 0 Å². The Morgan fingerprint density at radius 1 is 1.31 bits per heavy atom. The molecule has 0 heterocycles. The molecule has 13 heavy (non-hydrogen) atoms. The van der Waals surface area contributed by atoms with E-state index in [0.29, 0.717) is 0 Å². The molecule has 1 unspecified atom stereocenters. The van der Waals surface area contributed by atoms with Gasteiger partial charge in [0.25, 0.3) is 0 Å². The summed E-state index contributed by atoms with van der Waals surface area (Å²) in [5, 5.41) is 0. The fourth-order valence-electron chi connectivity index (χ4n) is 0.836. The molecule has 0 aromatic heterocycles. The van der Waals surface area contributed by atoms with E-state index >= 15 is 0 Å². The summed E-state index contributed by atoms with van der Waals surface area (Å²) in [6.45, 7) is 5.36. The first kappa shape index (κ1) is 14.4. The molecular weight excluding hydrogens is 434 g/mol. The fraction of sp³-hybridized carbons (Fsp3) is 0.857. The average molecular weight is 445 g/mol. The van der Waals surface area contributed by atoms with E-state index in [2.05, 4.69) is 63.7 Å². The summed E-state index contributed by atoms with van der Waals surface area (Å²) in [4.78, 5) is 13.2. The third kappa shape index (κ3) is 4.62. The number of carbonyl (C=O) groups is 1. The van der Waals surface area contributed by atoms with E-state index in [-0.39, 0.29) is 10.7 Å². The number of amides is 1. The third-order valence-electron chi connectivity index (χ3n) is 1.58. The van der Waals surface area contributed by atoms with E-state index in [9.17, 15) is 4.79 Å². The van der Waals surface area contributed by atoms with Crippen molar-refractivity contribution in [3.05, 3.63) is 0 Å². The van der Waals surface area contributed by atoms with Crippen molar-refractivity contribution in [2.24, 2.45) is 0 Å². The van der Waals surface area contributed by atoms with Crippen molar-refractivity contribution in [3.63, 3.8) is 0 Å². The van der Waals surface area contributed by atoms with Crippen LogP contribution in [0.25, 0.3) is 0 Å². The maximum Gasteiger partial charge on any atom is 0.239 e. The number of carbonyl (C=O) groups excluding carboxylic acids is 1. The second kappa shape index (κ2) is 6.08. The van der Waals surface area contributed by atoms with Gasteiger partial charge in [0.05, 0.1) is 0 Å². The van der Waals surface area contributed by atoms with Gasteiger partial charge in [-0.15, -0.1) is 0 Å². The molecular formula is C7H11Br4NO. The lowest BCUT2D eigenvalue weighted by molar-refractivity contribution is -0.129. The molecule has 0 bridgehead atoms. The molecule has 0 saturated heterocycles. The van der Waals surface area contributed by atoms with E-state index in [1.165, 1.54) is 0 Å². The Balaban J connectivity index is 4.41. The number of halogens is 4. The van der Waals surface area contributed by atoms with Crippen molar-refractivity contribution in [1.82, 2.24) is 4.90 Å². The molecule has 0 spiro atoms. The minimum atomic E-state index is -0.577. The highest BCUT2D eigenvalue weighted by atomic mass is 80.0. The molecule has 0 aromatic rings. The van der Waals surface area contributed by atoms with Gasteiger partial charge < -0.3 is 4.90 Å². The van der Waals surface area contributed by atoms with Crippen LogP contribution in [0.15, 0.2) is 0 Å². The zero-order valence-corrected chi connectivity index (χ0v) is 13.7. The van der Waals surface area contributed by atoms with Gasteiger partial charge in [-0.05, 0) is 13.8 Å². The topological polar surface area (TPSA) is 20.3 Å². The normalized spacial score (nSPS) is 14.0. The Morgan fingerprint density at radius 3 is 1.92 bits per heavy atom. The van der Waals surface area contributed by atoms with Gasteiger partial charge in [-0.25, -0.2) is 0 Å². The average Bonchev–Trinajstić information content (AvgIpc) is 2.03. The van der Waals surface area contributed by atoms with Gasteiger partial charge in [0.1, 0.15) is 4.83 Å². The first-order valence-corrected chi connectivity index (χ1v) is 7.13. The summed E-state index contributed by atoms with van der Waals surface area (Å²) in [7, 11) is 0. The highest BCUT2D eigenvalue weighted by molar-refractivity contribution is 9.40. The predicted octanol–water partition coefficient (Wildman–Crippen LogP) is 3.46. The Labute approximate surface area is 112 Å². The van der Waals surface area contributed by atoms with Crippen LogP contribution in [-0.4, -0.2) is 30.9 Å². The Hall–Kier alpha value is 1.39. The van der Waals surface area contributed by atoms with Crippen molar-refractivity contribution >= 4 is 69.6 Å². The smallest absolute Gasteiger partial charge is 0.239 e. The molecule has 0 fully saturated rings. The summed E-state index contributed by atoms with van der Waals surface area (Å²) >= 11 is 13.2. The number of nitrogens with zero attached hydrogens (tertiary/aromatic N) is 1. The zero-order chi connectivity index (χ0) is 10.6. The van der Waals surface area contributed by atoms with Crippen LogP contribution in [0.1, 0.15) is 13.8 Å². The largest absolute Gasteiger partial charge is 0.342 e. The molecule has 0 aliphatic carbocycles. The van der Waals surface area contributed by atoms with Crippen molar-refractivity contribution < 1.29 is 4.79 Å². The van der Waals surface area contributed by atoms with Gasteiger partial charge in [-0.3, -0.25) is 4.79 Å². The van der Waals surface area contributed by atoms with Gasteiger partial charge in [0, 0.05) is 13.1 Å². The highest BCUT2D eigenvalue weighted by Crippen LogP contribution is 2.41. The van der Waals surface area contributed by atoms with Gasteiger partial charge in [0.2, 0.25) is 5.91 Å². The lowest BCUT2D eigenvalue weighted by atomic mass is 10.4. The molecule has 1 atom stereocenters. The summed E-state index contributed by atoms with van der Waals surface area (Å²) in [5.41, 5.74) is 0. The van der Waals surface area contributed by atoms with Gasteiger partial charge >= 0.3 is 0 Å². The Kier molecular flexibility index (Phi) is 6.73. The Bertz CT molecular complexity index is 176. The first-order valence-electron chi connectivity index (χ1n) is 3.84. The molecule has 6 heteroatoms. The molecule has 2 nitrogen and oxygen atoms in total. The molecule has 0 rings (SSSR count). The van der Waals surface area contributed by atoms with Gasteiger partial charge in [0.15, 0.2) is 2.14 Å². The molecule has 0 aromatic carbocycles. The van der Waals surface area contributed by atoms with Gasteiger partial charge in [-0.1, -0.05) is 63.7 Å². The SMILES string of the molecule is CCN(CC)C(=O)C(Br)C(Br)(Br)Br. The molecule has 78 valence electrons. The van der Waals surface area contributed by atoms with Crippen molar-refractivity contribution in [2.75, 3.05) is 13.1 Å². The third-order valence-corrected chi connectivity index (χ3v) is 5.87. The van der Waals surface area contributed by atoms with E-state index in [0.717, 1.165) is 13.1 Å². The molecule has 0 N–H and O–H groups in total. The monoisotopic (exact) mass is 441 g/mol. The molecule has 0 aliphatic heterocycles. The number of alkyl halides is 4.